The summed E-state index contributed by atoms with van der Waals surface area (Å²) in [5.41, 5.74) is 0.0856. The van der Waals surface area contributed by atoms with E-state index < -0.39 is 17.0 Å². The van der Waals surface area contributed by atoms with Gasteiger partial charge in [-0.05, 0) is 12.1 Å². The van der Waals surface area contributed by atoms with Crippen LogP contribution in [-0.2, 0) is 4.84 Å². The Labute approximate surface area is 124 Å². The Morgan fingerprint density at radius 3 is 2.14 bits per heavy atom. The molecule has 1 aliphatic heterocycles. The van der Waals surface area contributed by atoms with E-state index in [9.17, 15) is 9.70 Å². The first-order valence-electron chi connectivity index (χ1n) is 7.02. The van der Waals surface area contributed by atoms with E-state index in [1.54, 1.807) is 24.3 Å². The maximum atomic E-state index is 12.2. The van der Waals surface area contributed by atoms with Crippen molar-refractivity contribution in [1.29, 1.82) is 0 Å². The zero-order valence-electron chi connectivity index (χ0n) is 12.9. The highest BCUT2D eigenvalue weighted by atomic mass is 16.7. The van der Waals surface area contributed by atoms with Crippen LogP contribution < -0.4 is 0 Å². The minimum absolute atomic E-state index is 0.460. The normalized spacial score (nSPS) is 20.0. The molecule has 1 saturated heterocycles. The van der Waals surface area contributed by atoms with Crippen molar-refractivity contribution in [2.45, 2.75) is 51.6 Å². The first-order valence-corrected chi connectivity index (χ1v) is 7.02. The van der Waals surface area contributed by atoms with Crippen LogP contribution in [0.2, 0.25) is 0 Å². The maximum Gasteiger partial charge on any atom is 0.365 e. The lowest BCUT2D eigenvalue weighted by Crippen LogP contribution is -2.54. The zero-order chi connectivity index (χ0) is 15.7. The molecule has 0 aliphatic carbocycles. The topological polar surface area (TPSA) is 58.7 Å². The van der Waals surface area contributed by atoms with Crippen LogP contribution in [0.15, 0.2) is 35.5 Å². The molecule has 5 heteroatoms. The monoisotopic (exact) mass is 289 g/mol. The van der Waals surface area contributed by atoms with Crippen LogP contribution in [0.3, 0.4) is 0 Å². The molecule has 1 heterocycles. The molecule has 0 atom stereocenters. The number of hydrogen-bond donors (Lipinski definition) is 0. The van der Waals surface area contributed by atoms with Gasteiger partial charge in [-0.1, -0.05) is 23.4 Å². The fourth-order valence-electron chi connectivity index (χ4n) is 2.82. The van der Waals surface area contributed by atoms with E-state index >= 15 is 0 Å². The van der Waals surface area contributed by atoms with Crippen LogP contribution in [0.1, 0.15) is 50.9 Å². The average molecular weight is 289 g/mol. The molecule has 1 fully saturated rings. The zero-order valence-corrected chi connectivity index (χ0v) is 12.9. The van der Waals surface area contributed by atoms with Gasteiger partial charge in [0.05, 0.1) is 24.1 Å². The summed E-state index contributed by atoms with van der Waals surface area (Å²) < 4.78 is 1.11. The highest BCUT2D eigenvalue weighted by Gasteiger charge is 2.52. The van der Waals surface area contributed by atoms with Crippen LogP contribution in [0, 0.1) is 4.91 Å². The molecule has 1 aromatic rings. The van der Waals surface area contributed by atoms with Gasteiger partial charge >= 0.3 is 5.97 Å². The van der Waals surface area contributed by atoms with Crippen molar-refractivity contribution in [3.8, 4) is 0 Å². The van der Waals surface area contributed by atoms with E-state index in [-0.39, 0.29) is 0 Å². The van der Waals surface area contributed by atoms with Gasteiger partial charge in [0.1, 0.15) is 0 Å². The van der Waals surface area contributed by atoms with Gasteiger partial charge in [0, 0.05) is 37.4 Å². The summed E-state index contributed by atoms with van der Waals surface area (Å²) >= 11 is 0. The second-order valence-electron chi connectivity index (χ2n) is 6.68. The van der Waals surface area contributed by atoms with Gasteiger partial charge in [-0.15, -0.1) is 0 Å². The molecule has 0 saturated carbocycles. The third kappa shape index (κ3) is 3.35. The number of benzene rings is 1. The molecule has 0 spiro atoms. The number of carbonyl (C=O) groups excluding carboxylic acids is 1. The van der Waals surface area contributed by atoms with E-state index in [0.29, 0.717) is 18.4 Å². The molecule has 112 valence electrons. The molecule has 1 aromatic carbocycles. The van der Waals surface area contributed by atoms with E-state index in [0.717, 1.165) is 10.5 Å². The Hall–Kier alpha value is -2.04. The van der Waals surface area contributed by atoms with Crippen LogP contribution >= 0.6 is 0 Å². The predicted molar refractivity (Wildman–Crippen MR) is 80.3 cm³/mol. The first kappa shape index (κ1) is 15.4. The third-order valence-corrected chi connectivity index (χ3v) is 3.64. The lowest BCUT2D eigenvalue weighted by molar-refractivity contribution is -0.683. The van der Waals surface area contributed by atoms with Crippen LogP contribution in [0.4, 0.5) is 0 Å². The highest BCUT2D eigenvalue weighted by molar-refractivity contribution is 5.91. The number of nitrogens with zero attached hydrogens (tertiary/aromatic N) is 2. The van der Waals surface area contributed by atoms with Gasteiger partial charge in [0.25, 0.3) is 0 Å². The van der Waals surface area contributed by atoms with E-state index in [1.807, 2.05) is 33.8 Å². The molecule has 5 nitrogen and oxygen atoms in total. The summed E-state index contributed by atoms with van der Waals surface area (Å²) in [7, 11) is 0. The molecule has 0 unspecified atom stereocenters. The average Bonchev–Trinajstić information content (AvgIpc) is 2.42. The van der Waals surface area contributed by atoms with Gasteiger partial charge in [-0.25, -0.2) is 4.79 Å². The lowest BCUT2D eigenvalue weighted by atomic mass is 9.81. The Morgan fingerprint density at radius 2 is 1.62 bits per heavy atom. The Balaban J connectivity index is 2.12. The number of piperidine rings is 1. The van der Waals surface area contributed by atoms with Crippen molar-refractivity contribution >= 4 is 11.7 Å². The molecular weight excluding hydrogens is 268 g/mol. The smallest absolute Gasteiger partial charge is 0.313 e. The number of nitroso groups, excluding NO2 is 1. The number of rotatable bonds is 2. The lowest BCUT2D eigenvalue weighted by Gasteiger charge is -2.31. The molecule has 0 aromatic heterocycles. The van der Waals surface area contributed by atoms with E-state index in [2.05, 4.69) is 5.16 Å². The van der Waals surface area contributed by atoms with Crippen LogP contribution in [0.5, 0.6) is 0 Å². The van der Waals surface area contributed by atoms with Gasteiger partial charge in [0.15, 0.2) is 0 Å². The highest BCUT2D eigenvalue weighted by Crippen LogP contribution is 2.32. The van der Waals surface area contributed by atoms with E-state index in [1.165, 1.54) is 0 Å². The SMILES string of the molecule is CC1(C)CC(=NOC(=O)c2ccccc2)CC(C)(C)[N+]1=O. The summed E-state index contributed by atoms with van der Waals surface area (Å²) in [5, 5.41) is 3.99. The molecule has 2 rings (SSSR count). The third-order valence-electron chi connectivity index (χ3n) is 3.64. The number of carbonyl (C=O) groups is 1. The minimum atomic E-state index is -0.556. The molecule has 0 radical (unpaired) electrons. The molecule has 0 bridgehead atoms. The molecule has 0 amide bonds. The van der Waals surface area contributed by atoms with Crippen LogP contribution in [0.25, 0.3) is 0 Å². The minimum Gasteiger partial charge on any atom is -0.313 e. The van der Waals surface area contributed by atoms with E-state index in [4.69, 9.17) is 4.84 Å². The fourth-order valence-corrected chi connectivity index (χ4v) is 2.82. The summed E-state index contributed by atoms with van der Waals surface area (Å²) in [5.74, 6) is -0.483. The fraction of sp³-hybridized carbons (Fsp3) is 0.500. The Morgan fingerprint density at radius 1 is 1.10 bits per heavy atom. The summed E-state index contributed by atoms with van der Waals surface area (Å²) in [6.07, 6.45) is 0.976. The van der Waals surface area contributed by atoms with Crippen molar-refractivity contribution in [3.63, 3.8) is 0 Å². The van der Waals surface area contributed by atoms with Gasteiger partial charge < -0.3 is 4.84 Å². The van der Waals surface area contributed by atoms with Crippen molar-refractivity contribution in [2.24, 2.45) is 5.16 Å². The first-order chi connectivity index (χ1) is 9.72. The quantitative estimate of drug-likeness (QED) is 0.476. The van der Waals surface area contributed by atoms with Crippen LogP contribution in [-0.4, -0.2) is 27.5 Å². The van der Waals surface area contributed by atoms with Crippen molar-refractivity contribution in [3.05, 3.63) is 40.8 Å². The summed E-state index contributed by atoms with van der Waals surface area (Å²) in [6, 6.07) is 8.72. The standard InChI is InChI=1S/C16H21N2O3/c1-15(2)10-13(11-16(3,4)18(15)20)17-21-14(19)12-8-6-5-7-9-12/h5-9H,10-11H2,1-4H3/q+1. The van der Waals surface area contributed by atoms with Crippen molar-refractivity contribution < 1.29 is 14.4 Å². The van der Waals surface area contributed by atoms with Gasteiger partial charge in [-0.2, -0.15) is 0 Å². The summed E-state index contributed by atoms with van der Waals surface area (Å²) in [4.78, 5) is 29.1. The number of oxime groups is 1. The second-order valence-corrected chi connectivity index (χ2v) is 6.68. The largest absolute Gasteiger partial charge is 0.365 e. The Bertz CT molecular complexity index is 567. The van der Waals surface area contributed by atoms with Crippen molar-refractivity contribution in [1.82, 2.24) is 0 Å². The Kier molecular flexibility index (Phi) is 3.94. The van der Waals surface area contributed by atoms with Gasteiger partial charge in [0.2, 0.25) is 11.1 Å². The molecular formula is C16H21N2O3+. The molecule has 0 N–H and O–H groups in total. The van der Waals surface area contributed by atoms with Gasteiger partial charge in [-0.3, -0.25) is 0 Å². The number of hydrogen-bond acceptors (Lipinski definition) is 4. The van der Waals surface area contributed by atoms with Crippen molar-refractivity contribution in [2.75, 3.05) is 0 Å². The predicted octanol–water partition coefficient (Wildman–Crippen LogP) is 3.33. The maximum absolute atomic E-state index is 12.2. The summed E-state index contributed by atoms with van der Waals surface area (Å²) in [6.45, 7) is 7.48. The second kappa shape index (κ2) is 5.39. The molecule has 1 aliphatic rings. The molecule has 21 heavy (non-hydrogen) atoms.